The summed E-state index contributed by atoms with van der Waals surface area (Å²) >= 11 is 9.11. The van der Waals surface area contributed by atoms with Gasteiger partial charge in [-0.3, -0.25) is 4.90 Å². The highest BCUT2D eigenvalue weighted by molar-refractivity contribution is 9.10. The van der Waals surface area contributed by atoms with Gasteiger partial charge in [0.05, 0.1) is 10.5 Å². The van der Waals surface area contributed by atoms with E-state index in [0.29, 0.717) is 9.63 Å². The summed E-state index contributed by atoms with van der Waals surface area (Å²) in [7, 11) is 0. The number of carboxylic acid groups (broad SMARTS) is 1. The minimum atomic E-state index is -0.883. The molecule has 4 nitrogen and oxygen atoms in total. The molecule has 0 saturated heterocycles. The molecule has 0 aromatic carbocycles. The molecule has 1 N–H and O–H groups in total. The Balaban J connectivity index is 2.25. The predicted octanol–water partition coefficient (Wildman–Crippen LogP) is 3.70. The molecule has 1 atom stereocenters. The average molecular weight is 320 g/mol. The molecule has 1 fully saturated rings. The van der Waals surface area contributed by atoms with Crippen molar-refractivity contribution in [3.63, 3.8) is 0 Å². The molecule has 2 rings (SSSR count). The van der Waals surface area contributed by atoms with Gasteiger partial charge in [-0.1, -0.05) is 11.6 Å². The number of amides is 1. The third kappa shape index (κ3) is 2.72. The molecule has 1 unspecified atom stereocenters. The molecule has 1 heterocycles. The fourth-order valence-corrected chi connectivity index (χ4v) is 2.29. The van der Waals surface area contributed by atoms with E-state index in [1.54, 1.807) is 6.20 Å². The Morgan fingerprint density at radius 3 is 2.82 bits per heavy atom. The average Bonchev–Trinajstić information content (AvgIpc) is 3.06. The summed E-state index contributed by atoms with van der Waals surface area (Å²) in [6.07, 6.45) is 2.62. The monoisotopic (exact) mass is 318 g/mol. The molecule has 1 aromatic rings. The minimum Gasteiger partial charge on any atom is -0.465 e. The molecular formula is C11H12BrClN2O2. The summed E-state index contributed by atoms with van der Waals surface area (Å²) in [6, 6.07) is 1.76. The summed E-state index contributed by atoms with van der Waals surface area (Å²) in [4.78, 5) is 16.7. The lowest BCUT2D eigenvalue weighted by molar-refractivity contribution is 0.124. The summed E-state index contributed by atoms with van der Waals surface area (Å²) in [6.45, 7) is 1.86. The maximum absolute atomic E-state index is 11.2. The van der Waals surface area contributed by atoms with Gasteiger partial charge in [0, 0.05) is 12.2 Å². The highest BCUT2D eigenvalue weighted by atomic mass is 79.9. The molecule has 92 valence electrons. The van der Waals surface area contributed by atoms with E-state index in [4.69, 9.17) is 11.6 Å². The van der Waals surface area contributed by atoms with Gasteiger partial charge in [0.2, 0.25) is 0 Å². The van der Waals surface area contributed by atoms with Crippen molar-refractivity contribution >= 4 is 33.6 Å². The Morgan fingerprint density at radius 2 is 2.35 bits per heavy atom. The Morgan fingerprint density at radius 1 is 1.71 bits per heavy atom. The predicted molar refractivity (Wildman–Crippen MR) is 68.2 cm³/mol. The molecule has 17 heavy (non-hydrogen) atoms. The van der Waals surface area contributed by atoms with Gasteiger partial charge in [-0.05, 0) is 47.3 Å². The van der Waals surface area contributed by atoms with Crippen LogP contribution in [0.2, 0.25) is 5.15 Å². The van der Waals surface area contributed by atoms with Gasteiger partial charge in [0.25, 0.3) is 0 Å². The number of nitrogens with zero attached hydrogens (tertiary/aromatic N) is 2. The van der Waals surface area contributed by atoms with Crippen LogP contribution in [0, 0.1) is 0 Å². The first-order valence-corrected chi connectivity index (χ1v) is 6.50. The molecular weight excluding hydrogens is 307 g/mol. The SMILES string of the molecule is CC(c1cnc(Cl)c(Br)c1)N(C(=O)O)C1CC1. The second kappa shape index (κ2) is 4.82. The molecule has 1 aromatic heterocycles. The van der Waals surface area contributed by atoms with Crippen LogP contribution in [0.5, 0.6) is 0 Å². The number of aromatic nitrogens is 1. The van der Waals surface area contributed by atoms with E-state index in [2.05, 4.69) is 20.9 Å². The van der Waals surface area contributed by atoms with E-state index in [-0.39, 0.29) is 12.1 Å². The number of hydrogen-bond acceptors (Lipinski definition) is 2. The standard InChI is InChI=1S/C11H12BrClN2O2/c1-6(15(11(16)17)8-2-3-8)7-4-9(12)10(13)14-5-7/h4-6,8H,2-3H2,1H3,(H,16,17). The number of halogens is 2. The number of carbonyl (C=O) groups is 1. The van der Waals surface area contributed by atoms with Crippen molar-refractivity contribution in [2.24, 2.45) is 0 Å². The quantitative estimate of drug-likeness (QED) is 0.864. The van der Waals surface area contributed by atoms with E-state index in [0.717, 1.165) is 18.4 Å². The smallest absolute Gasteiger partial charge is 0.408 e. The lowest BCUT2D eigenvalue weighted by Crippen LogP contribution is -2.34. The van der Waals surface area contributed by atoms with Gasteiger partial charge < -0.3 is 5.11 Å². The Bertz CT molecular complexity index is 451. The van der Waals surface area contributed by atoms with Crippen molar-refractivity contribution in [1.82, 2.24) is 9.88 Å². The zero-order valence-corrected chi connectivity index (χ0v) is 11.6. The second-order valence-corrected chi connectivity index (χ2v) is 5.35. The maximum atomic E-state index is 11.2. The van der Waals surface area contributed by atoms with Gasteiger partial charge >= 0.3 is 6.09 Å². The van der Waals surface area contributed by atoms with Gasteiger partial charge in [-0.15, -0.1) is 0 Å². The van der Waals surface area contributed by atoms with Crippen LogP contribution in [0.3, 0.4) is 0 Å². The lowest BCUT2D eigenvalue weighted by Gasteiger charge is -2.26. The van der Waals surface area contributed by atoms with E-state index in [1.807, 2.05) is 13.0 Å². The van der Waals surface area contributed by atoms with Crippen LogP contribution >= 0.6 is 27.5 Å². The molecule has 0 spiro atoms. The number of rotatable bonds is 3. The van der Waals surface area contributed by atoms with Crippen LogP contribution in [0.15, 0.2) is 16.7 Å². The Hall–Kier alpha value is -0.810. The molecule has 6 heteroatoms. The highest BCUT2D eigenvalue weighted by Gasteiger charge is 2.36. The van der Waals surface area contributed by atoms with Crippen LogP contribution in [-0.2, 0) is 0 Å². The van der Waals surface area contributed by atoms with Crippen molar-refractivity contribution in [2.75, 3.05) is 0 Å². The van der Waals surface area contributed by atoms with Crippen LogP contribution in [0.4, 0.5) is 4.79 Å². The van der Waals surface area contributed by atoms with Gasteiger partial charge in [-0.25, -0.2) is 9.78 Å². The van der Waals surface area contributed by atoms with E-state index < -0.39 is 6.09 Å². The first-order valence-electron chi connectivity index (χ1n) is 5.33. The van der Waals surface area contributed by atoms with Crippen molar-refractivity contribution in [3.05, 3.63) is 27.5 Å². The normalized spacial score (nSPS) is 16.6. The van der Waals surface area contributed by atoms with Gasteiger partial charge in [0.1, 0.15) is 5.15 Å². The molecule has 1 saturated carbocycles. The van der Waals surface area contributed by atoms with Gasteiger partial charge in [0.15, 0.2) is 0 Å². The third-order valence-corrected chi connectivity index (χ3v) is 4.01. The molecule has 0 bridgehead atoms. The van der Waals surface area contributed by atoms with Crippen LogP contribution < -0.4 is 0 Å². The van der Waals surface area contributed by atoms with Crippen molar-refractivity contribution in [2.45, 2.75) is 31.8 Å². The molecule has 0 radical (unpaired) electrons. The fourth-order valence-electron chi connectivity index (χ4n) is 1.82. The topological polar surface area (TPSA) is 53.4 Å². The van der Waals surface area contributed by atoms with Crippen molar-refractivity contribution in [1.29, 1.82) is 0 Å². The molecule has 1 aliphatic rings. The van der Waals surface area contributed by atoms with Crippen LogP contribution in [-0.4, -0.2) is 27.1 Å². The van der Waals surface area contributed by atoms with Crippen LogP contribution in [0.25, 0.3) is 0 Å². The maximum Gasteiger partial charge on any atom is 0.408 e. The van der Waals surface area contributed by atoms with Crippen LogP contribution in [0.1, 0.15) is 31.4 Å². The first-order chi connectivity index (χ1) is 8.00. The summed E-state index contributed by atoms with van der Waals surface area (Å²) < 4.78 is 0.685. The lowest BCUT2D eigenvalue weighted by atomic mass is 10.1. The Kier molecular flexibility index (Phi) is 3.58. The summed E-state index contributed by atoms with van der Waals surface area (Å²) in [5.41, 5.74) is 0.843. The van der Waals surface area contributed by atoms with Gasteiger partial charge in [-0.2, -0.15) is 0 Å². The zero-order valence-electron chi connectivity index (χ0n) is 9.23. The minimum absolute atomic E-state index is 0.150. The summed E-state index contributed by atoms with van der Waals surface area (Å²) in [5.74, 6) is 0. The van der Waals surface area contributed by atoms with Crippen molar-refractivity contribution < 1.29 is 9.90 Å². The Labute approximate surface area is 113 Å². The zero-order chi connectivity index (χ0) is 12.6. The molecule has 1 amide bonds. The number of hydrogen-bond donors (Lipinski definition) is 1. The third-order valence-electron chi connectivity index (χ3n) is 2.88. The van der Waals surface area contributed by atoms with E-state index in [9.17, 15) is 9.90 Å². The van der Waals surface area contributed by atoms with Crippen molar-refractivity contribution in [3.8, 4) is 0 Å². The summed E-state index contributed by atoms with van der Waals surface area (Å²) in [5, 5.41) is 9.59. The largest absolute Gasteiger partial charge is 0.465 e. The highest BCUT2D eigenvalue weighted by Crippen LogP contribution is 2.35. The van der Waals surface area contributed by atoms with E-state index >= 15 is 0 Å². The molecule has 1 aliphatic carbocycles. The van der Waals surface area contributed by atoms with E-state index in [1.165, 1.54) is 4.90 Å². The number of pyridine rings is 1. The first kappa shape index (κ1) is 12.6. The fraction of sp³-hybridized carbons (Fsp3) is 0.455. The second-order valence-electron chi connectivity index (χ2n) is 4.14. The molecule has 0 aliphatic heterocycles.